The maximum Gasteiger partial charge on any atom is 0.277 e. The van der Waals surface area contributed by atoms with Gasteiger partial charge in [-0.25, -0.2) is 9.82 Å². The second-order valence-corrected chi connectivity index (χ2v) is 5.52. The minimum absolute atomic E-state index is 0.117. The first-order valence-corrected chi connectivity index (χ1v) is 7.95. The summed E-state index contributed by atoms with van der Waals surface area (Å²) in [7, 11) is 0. The molecule has 0 aliphatic rings. The van der Waals surface area contributed by atoms with Gasteiger partial charge in [0, 0.05) is 5.56 Å². The quantitative estimate of drug-likeness (QED) is 0.608. The number of nitrogens with one attached hydrogen (secondary N) is 1. The van der Waals surface area contributed by atoms with Crippen LogP contribution in [0.3, 0.4) is 0 Å². The first-order chi connectivity index (χ1) is 11.6. The van der Waals surface area contributed by atoms with Crippen LogP contribution in [0, 0.1) is 5.82 Å². The van der Waals surface area contributed by atoms with Crippen molar-refractivity contribution in [2.24, 2.45) is 5.10 Å². The number of carbonyl (C=O) groups excluding carboxylic acids is 1. The first-order valence-electron chi connectivity index (χ1n) is 7.57. The van der Waals surface area contributed by atoms with Crippen LogP contribution in [0.4, 0.5) is 4.39 Å². The molecule has 24 heavy (non-hydrogen) atoms. The van der Waals surface area contributed by atoms with Crippen LogP contribution in [-0.2, 0) is 11.2 Å². The SMILES string of the molecule is CCCc1ccc(OCC(=O)N/N=C\c2c(F)cccc2Cl)cc1. The van der Waals surface area contributed by atoms with E-state index in [9.17, 15) is 9.18 Å². The molecule has 0 fully saturated rings. The van der Waals surface area contributed by atoms with Gasteiger partial charge in [-0.15, -0.1) is 0 Å². The molecule has 0 saturated carbocycles. The average molecular weight is 349 g/mol. The van der Waals surface area contributed by atoms with Gasteiger partial charge in [0.1, 0.15) is 11.6 Å². The molecule has 0 aliphatic carbocycles. The van der Waals surface area contributed by atoms with Crippen molar-refractivity contribution >= 4 is 23.7 Å². The van der Waals surface area contributed by atoms with Crippen LogP contribution in [0.5, 0.6) is 5.75 Å². The average Bonchev–Trinajstić information content (AvgIpc) is 2.57. The number of nitrogens with zero attached hydrogens (tertiary/aromatic N) is 1. The maximum absolute atomic E-state index is 13.5. The molecule has 0 aromatic heterocycles. The lowest BCUT2D eigenvalue weighted by Crippen LogP contribution is -2.24. The van der Waals surface area contributed by atoms with Gasteiger partial charge in [0.25, 0.3) is 5.91 Å². The molecule has 6 heteroatoms. The van der Waals surface area contributed by atoms with Crippen molar-refractivity contribution in [3.8, 4) is 5.75 Å². The lowest BCUT2D eigenvalue weighted by Gasteiger charge is -2.06. The van der Waals surface area contributed by atoms with Gasteiger partial charge in [0.05, 0.1) is 11.2 Å². The lowest BCUT2D eigenvalue weighted by atomic mass is 10.1. The summed E-state index contributed by atoms with van der Waals surface area (Å²) in [5.41, 5.74) is 3.61. The molecule has 0 radical (unpaired) electrons. The van der Waals surface area contributed by atoms with Crippen LogP contribution < -0.4 is 10.2 Å². The molecule has 0 unspecified atom stereocenters. The predicted molar refractivity (Wildman–Crippen MR) is 93.1 cm³/mol. The normalized spacial score (nSPS) is 10.8. The Morgan fingerprint density at radius 3 is 2.71 bits per heavy atom. The molecular weight excluding hydrogens is 331 g/mol. The van der Waals surface area contributed by atoms with E-state index < -0.39 is 11.7 Å². The Hall–Kier alpha value is -2.40. The molecule has 1 N–H and O–H groups in total. The molecule has 126 valence electrons. The zero-order valence-corrected chi connectivity index (χ0v) is 14.0. The predicted octanol–water partition coefficient (Wildman–Crippen LogP) is 3.96. The monoisotopic (exact) mass is 348 g/mol. The summed E-state index contributed by atoms with van der Waals surface area (Å²) in [5, 5.41) is 3.90. The molecule has 2 aromatic carbocycles. The number of hydrazone groups is 1. The fourth-order valence-electron chi connectivity index (χ4n) is 2.03. The Kier molecular flexibility index (Phi) is 6.75. The first kappa shape index (κ1) is 17.9. The number of hydrogen-bond donors (Lipinski definition) is 1. The van der Waals surface area contributed by atoms with Crippen molar-refractivity contribution in [2.75, 3.05) is 6.61 Å². The van der Waals surface area contributed by atoms with Crippen LogP contribution in [0.25, 0.3) is 0 Å². The second-order valence-electron chi connectivity index (χ2n) is 5.11. The van der Waals surface area contributed by atoms with Crippen LogP contribution in [0.1, 0.15) is 24.5 Å². The molecule has 0 atom stereocenters. The van der Waals surface area contributed by atoms with Gasteiger partial charge in [-0.2, -0.15) is 5.10 Å². The molecular formula is C18H18ClFN2O2. The molecule has 0 spiro atoms. The van der Waals surface area contributed by atoms with Gasteiger partial charge in [-0.1, -0.05) is 43.1 Å². The summed E-state index contributed by atoms with van der Waals surface area (Å²) in [6, 6.07) is 11.9. The van der Waals surface area contributed by atoms with Gasteiger partial charge in [-0.3, -0.25) is 4.79 Å². The largest absolute Gasteiger partial charge is 0.484 e. The van der Waals surface area contributed by atoms with Crippen molar-refractivity contribution < 1.29 is 13.9 Å². The minimum atomic E-state index is -0.510. The third-order valence-corrected chi connectivity index (χ3v) is 3.54. The van der Waals surface area contributed by atoms with Crippen LogP contribution in [0.2, 0.25) is 5.02 Å². The fourth-order valence-corrected chi connectivity index (χ4v) is 2.24. The summed E-state index contributed by atoms with van der Waals surface area (Å²) in [6.07, 6.45) is 3.25. The van der Waals surface area contributed by atoms with Gasteiger partial charge in [0.15, 0.2) is 6.61 Å². The topological polar surface area (TPSA) is 50.7 Å². The number of aryl methyl sites for hydroxylation is 1. The molecule has 0 aliphatic heterocycles. The van der Waals surface area contributed by atoms with E-state index in [2.05, 4.69) is 17.5 Å². The Morgan fingerprint density at radius 1 is 1.29 bits per heavy atom. The summed E-state index contributed by atoms with van der Waals surface area (Å²) in [6.45, 7) is 1.93. The van der Waals surface area contributed by atoms with E-state index in [1.54, 1.807) is 6.07 Å². The van der Waals surface area contributed by atoms with E-state index in [0.29, 0.717) is 5.75 Å². The standard InChI is InChI=1S/C18H18ClFN2O2/c1-2-4-13-7-9-14(10-8-13)24-12-18(23)22-21-11-15-16(19)5-3-6-17(15)20/h3,5-11H,2,4,12H2,1H3,(H,22,23)/b21-11-. The van der Waals surface area contributed by atoms with E-state index in [-0.39, 0.29) is 17.2 Å². The number of benzene rings is 2. The van der Waals surface area contributed by atoms with E-state index in [4.69, 9.17) is 16.3 Å². The second kappa shape index (κ2) is 9.03. The maximum atomic E-state index is 13.5. The molecule has 4 nitrogen and oxygen atoms in total. The highest BCUT2D eigenvalue weighted by Crippen LogP contribution is 2.16. The Bertz CT molecular complexity index is 697. The van der Waals surface area contributed by atoms with Gasteiger partial charge < -0.3 is 4.74 Å². The zero-order chi connectivity index (χ0) is 17.4. The number of hydrogen-bond acceptors (Lipinski definition) is 3. The van der Waals surface area contributed by atoms with E-state index in [0.717, 1.165) is 19.1 Å². The van der Waals surface area contributed by atoms with Crippen LogP contribution >= 0.6 is 11.6 Å². The minimum Gasteiger partial charge on any atom is -0.484 e. The highest BCUT2D eigenvalue weighted by Gasteiger charge is 2.05. The lowest BCUT2D eigenvalue weighted by molar-refractivity contribution is -0.123. The van der Waals surface area contributed by atoms with Gasteiger partial charge >= 0.3 is 0 Å². The van der Waals surface area contributed by atoms with Crippen LogP contribution in [-0.4, -0.2) is 18.7 Å². The highest BCUT2D eigenvalue weighted by atomic mass is 35.5. The third kappa shape index (κ3) is 5.35. The fraction of sp³-hybridized carbons (Fsp3) is 0.222. The van der Waals surface area contributed by atoms with Gasteiger partial charge in [-0.05, 0) is 36.2 Å². The molecule has 0 bridgehead atoms. The van der Waals surface area contributed by atoms with Crippen molar-refractivity contribution in [3.63, 3.8) is 0 Å². The Balaban J connectivity index is 1.82. The molecule has 0 saturated heterocycles. The summed E-state index contributed by atoms with van der Waals surface area (Å²) < 4.78 is 18.9. The third-order valence-electron chi connectivity index (χ3n) is 3.21. The van der Waals surface area contributed by atoms with Crippen molar-refractivity contribution in [1.29, 1.82) is 0 Å². The highest BCUT2D eigenvalue weighted by molar-refractivity contribution is 6.33. The summed E-state index contributed by atoms with van der Waals surface area (Å²) >= 11 is 5.85. The number of carbonyl (C=O) groups is 1. The Labute approximate surface area is 145 Å². The Morgan fingerprint density at radius 2 is 2.04 bits per heavy atom. The summed E-state index contributed by atoms with van der Waals surface area (Å²) in [4.78, 5) is 11.7. The molecule has 1 amide bonds. The van der Waals surface area contributed by atoms with E-state index >= 15 is 0 Å². The zero-order valence-electron chi connectivity index (χ0n) is 13.3. The molecule has 0 heterocycles. The number of amides is 1. The van der Waals surface area contributed by atoms with Crippen molar-refractivity contribution in [3.05, 3.63) is 64.4 Å². The number of halogens is 2. The number of rotatable bonds is 7. The molecule has 2 aromatic rings. The van der Waals surface area contributed by atoms with Crippen molar-refractivity contribution in [1.82, 2.24) is 5.43 Å². The van der Waals surface area contributed by atoms with Crippen LogP contribution in [0.15, 0.2) is 47.6 Å². The molecule has 2 rings (SSSR count). The smallest absolute Gasteiger partial charge is 0.277 e. The van der Waals surface area contributed by atoms with Crippen molar-refractivity contribution in [2.45, 2.75) is 19.8 Å². The van der Waals surface area contributed by atoms with E-state index in [1.807, 2.05) is 24.3 Å². The van der Waals surface area contributed by atoms with E-state index in [1.165, 1.54) is 17.7 Å². The number of ether oxygens (including phenoxy) is 1. The van der Waals surface area contributed by atoms with Gasteiger partial charge in [0.2, 0.25) is 0 Å². The summed E-state index contributed by atoms with van der Waals surface area (Å²) in [5.74, 6) is -0.355.